The van der Waals surface area contributed by atoms with Gasteiger partial charge in [-0.25, -0.2) is 4.98 Å². The smallest absolute Gasteiger partial charge is 0.282 e. The summed E-state index contributed by atoms with van der Waals surface area (Å²) in [5.74, 6) is 2.09. The molecule has 1 aromatic heterocycles. The number of aromatic nitrogens is 2. The van der Waals surface area contributed by atoms with Crippen LogP contribution in [0.4, 0.5) is 0 Å². The number of benzene rings is 4. The lowest BCUT2D eigenvalue weighted by Gasteiger charge is -2.18. The highest BCUT2D eigenvalue weighted by Gasteiger charge is 2.18. The third-order valence-corrected chi connectivity index (χ3v) is 7.03. The van der Waals surface area contributed by atoms with Crippen LogP contribution in [0.1, 0.15) is 48.9 Å². The molecule has 0 bridgehead atoms. The summed E-state index contributed by atoms with van der Waals surface area (Å²) in [4.78, 5) is 18.8. The van der Waals surface area contributed by atoms with E-state index in [-0.39, 0.29) is 11.5 Å². The van der Waals surface area contributed by atoms with Crippen LogP contribution in [0.5, 0.6) is 11.5 Å². The van der Waals surface area contributed by atoms with Gasteiger partial charge in [0.05, 0.1) is 23.7 Å². The molecule has 0 atom stereocenters. The Balaban J connectivity index is 1.64. The Morgan fingerprint density at radius 3 is 2.46 bits per heavy atom. The standard InChI is InChI=1S/C34H32ClN3O3/c1-5-40-32-17-23(4)29(19-28(32)22(2)3)33-37-30-14-10-9-13-27(30)34(39)38(33)36-20-25-18-26(35)15-16-31(25)41-21-24-11-7-6-8-12-24/h6-20,22H,5,21H2,1-4H3. The summed E-state index contributed by atoms with van der Waals surface area (Å²) in [6.45, 7) is 9.14. The lowest BCUT2D eigenvalue weighted by molar-refractivity contribution is 0.306. The van der Waals surface area contributed by atoms with Gasteiger partial charge in [-0.3, -0.25) is 4.79 Å². The Labute approximate surface area is 244 Å². The van der Waals surface area contributed by atoms with Gasteiger partial charge in [-0.1, -0.05) is 67.9 Å². The van der Waals surface area contributed by atoms with E-state index >= 15 is 0 Å². The molecule has 0 radical (unpaired) electrons. The van der Waals surface area contributed by atoms with E-state index in [1.165, 1.54) is 4.68 Å². The maximum Gasteiger partial charge on any atom is 0.282 e. The first-order valence-electron chi connectivity index (χ1n) is 13.7. The normalized spacial score (nSPS) is 11.5. The van der Waals surface area contributed by atoms with E-state index in [4.69, 9.17) is 26.1 Å². The van der Waals surface area contributed by atoms with Gasteiger partial charge in [0.15, 0.2) is 5.82 Å². The predicted molar refractivity (Wildman–Crippen MR) is 167 cm³/mol. The second-order valence-corrected chi connectivity index (χ2v) is 10.5. The summed E-state index contributed by atoms with van der Waals surface area (Å²) in [7, 11) is 0. The van der Waals surface area contributed by atoms with Crippen molar-refractivity contribution >= 4 is 28.7 Å². The van der Waals surface area contributed by atoms with Crippen molar-refractivity contribution in [3.63, 3.8) is 0 Å². The zero-order chi connectivity index (χ0) is 28.9. The van der Waals surface area contributed by atoms with Gasteiger partial charge in [0.25, 0.3) is 5.56 Å². The highest BCUT2D eigenvalue weighted by molar-refractivity contribution is 6.30. The van der Waals surface area contributed by atoms with Crippen molar-refractivity contribution in [1.29, 1.82) is 0 Å². The Morgan fingerprint density at radius 1 is 0.951 bits per heavy atom. The molecule has 41 heavy (non-hydrogen) atoms. The first kappa shape index (κ1) is 28.1. The summed E-state index contributed by atoms with van der Waals surface area (Å²) in [6.07, 6.45) is 1.60. The Morgan fingerprint density at radius 2 is 1.71 bits per heavy atom. The third-order valence-electron chi connectivity index (χ3n) is 6.79. The molecule has 208 valence electrons. The number of halogens is 1. The van der Waals surface area contributed by atoms with Crippen LogP contribution in [-0.4, -0.2) is 22.5 Å². The molecule has 6 nitrogen and oxygen atoms in total. The average Bonchev–Trinajstić information content (AvgIpc) is 2.97. The Bertz CT molecular complexity index is 1780. The van der Waals surface area contributed by atoms with Crippen molar-refractivity contribution < 1.29 is 9.47 Å². The number of para-hydroxylation sites is 1. The van der Waals surface area contributed by atoms with Gasteiger partial charge in [0, 0.05) is 16.1 Å². The van der Waals surface area contributed by atoms with E-state index < -0.39 is 0 Å². The summed E-state index contributed by atoms with van der Waals surface area (Å²) in [6, 6.07) is 26.6. The number of rotatable bonds is 9. The van der Waals surface area contributed by atoms with E-state index in [2.05, 4.69) is 25.0 Å². The molecular formula is C34H32ClN3O3. The molecule has 1 heterocycles. The van der Waals surface area contributed by atoms with Crippen molar-refractivity contribution in [2.24, 2.45) is 5.10 Å². The second kappa shape index (κ2) is 12.4. The molecule has 0 fully saturated rings. The summed E-state index contributed by atoms with van der Waals surface area (Å²) < 4.78 is 13.4. The fraction of sp³-hybridized carbons (Fsp3) is 0.206. The number of hydrogen-bond acceptors (Lipinski definition) is 5. The summed E-state index contributed by atoms with van der Waals surface area (Å²) >= 11 is 6.35. The molecule has 7 heteroatoms. The summed E-state index contributed by atoms with van der Waals surface area (Å²) in [5, 5.41) is 5.69. The molecule has 0 aliphatic rings. The van der Waals surface area contributed by atoms with E-state index in [0.717, 1.165) is 28.0 Å². The molecule has 5 aromatic rings. The zero-order valence-corrected chi connectivity index (χ0v) is 24.4. The van der Waals surface area contributed by atoms with Crippen LogP contribution in [0.15, 0.2) is 94.8 Å². The van der Waals surface area contributed by atoms with Gasteiger partial charge in [0.1, 0.15) is 18.1 Å². The van der Waals surface area contributed by atoms with Crippen molar-refractivity contribution in [3.8, 4) is 22.9 Å². The fourth-order valence-corrected chi connectivity index (χ4v) is 4.86. The lowest BCUT2D eigenvalue weighted by atomic mass is 9.96. The molecule has 5 rings (SSSR count). The van der Waals surface area contributed by atoms with Crippen LogP contribution in [0.2, 0.25) is 5.02 Å². The molecule has 0 saturated heterocycles. The highest BCUT2D eigenvalue weighted by Crippen LogP contribution is 2.34. The first-order valence-corrected chi connectivity index (χ1v) is 14.0. The third kappa shape index (κ3) is 6.18. The molecule has 4 aromatic carbocycles. The lowest BCUT2D eigenvalue weighted by Crippen LogP contribution is -2.21. The number of aryl methyl sites for hydroxylation is 1. The molecule has 0 amide bonds. The molecule has 0 spiro atoms. The zero-order valence-electron chi connectivity index (χ0n) is 23.6. The predicted octanol–water partition coefficient (Wildman–Crippen LogP) is 8.01. The Kier molecular flexibility index (Phi) is 8.50. The quantitative estimate of drug-likeness (QED) is 0.170. The van der Waals surface area contributed by atoms with Crippen LogP contribution in [0.25, 0.3) is 22.3 Å². The number of nitrogens with zero attached hydrogens (tertiary/aromatic N) is 3. The molecule has 0 unspecified atom stereocenters. The molecule has 0 N–H and O–H groups in total. The maximum absolute atomic E-state index is 13.8. The Hall–Kier alpha value is -4.42. The van der Waals surface area contributed by atoms with Crippen LogP contribution in [0.3, 0.4) is 0 Å². The van der Waals surface area contributed by atoms with Crippen molar-refractivity contribution in [3.05, 3.63) is 123 Å². The highest BCUT2D eigenvalue weighted by atomic mass is 35.5. The summed E-state index contributed by atoms with van der Waals surface area (Å²) in [5.41, 5.74) is 4.79. The number of fused-ring (bicyclic) bond motifs is 1. The van der Waals surface area contributed by atoms with Crippen LogP contribution in [0, 0.1) is 6.92 Å². The fourth-order valence-electron chi connectivity index (χ4n) is 4.68. The molecule has 0 aliphatic carbocycles. The van der Waals surface area contributed by atoms with Crippen molar-refractivity contribution in [2.45, 2.75) is 40.2 Å². The van der Waals surface area contributed by atoms with Crippen molar-refractivity contribution in [2.75, 3.05) is 6.61 Å². The number of hydrogen-bond donors (Lipinski definition) is 0. The minimum Gasteiger partial charge on any atom is -0.494 e. The molecular weight excluding hydrogens is 534 g/mol. The molecule has 0 saturated carbocycles. The van der Waals surface area contributed by atoms with E-state index in [9.17, 15) is 4.79 Å². The van der Waals surface area contributed by atoms with Crippen molar-refractivity contribution in [1.82, 2.24) is 9.66 Å². The minimum absolute atomic E-state index is 0.204. The SMILES string of the molecule is CCOc1cc(C)c(-c2nc3ccccc3c(=O)n2N=Cc2cc(Cl)ccc2OCc2ccccc2)cc1C(C)C. The molecule has 0 aliphatic heterocycles. The van der Waals surface area contributed by atoms with E-state index in [1.54, 1.807) is 30.5 Å². The largest absolute Gasteiger partial charge is 0.494 e. The monoisotopic (exact) mass is 565 g/mol. The minimum atomic E-state index is -0.269. The van der Waals surface area contributed by atoms with Gasteiger partial charge in [-0.2, -0.15) is 9.78 Å². The van der Waals surface area contributed by atoms with Crippen LogP contribution >= 0.6 is 11.6 Å². The van der Waals surface area contributed by atoms with Gasteiger partial charge < -0.3 is 9.47 Å². The van der Waals surface area contributed by atoms with Crippen LogP contribution in [-0.2, 0) is 6.61 Å². The maximum atomic E-state index is 13.8. The van der Waals surface area contributed by atoms with E-state index in [1.807, 2.05) is 68.4 Å². The average molecular weight is 566 g/mol. The van der Waals surface area contributed by atoms with Gasteiger partial charge in [-0.15, -0.1) is 0 Å². The van der Waals surface area contributed by atoms with Gasteiger partial charge in [-0.05, 0) is 78.9 Å². The second-order valence-electron chi connectivity index (χ2n) is 10.1. The van der Waals surface area contributed by atoms with Crippen LogP contribution < -0.4 is 15.0 Å². The topological polar surface area (TPSA) is 65.7 Å². The van der Waals surface area contributed by atoms with Gasteiger partial charge >= 0.3 is 0 Å². The number of ether oxygens (including phenoxy) is 2. The first-order chi connectivity index (χ1) is 19.9. The van der Waals surface area contributed by atoms with E-state index in [0.29, 0.717) is 46.3 Å². The van der Waals surface area contributed by atoms with Gasteiger partial charge in [0.2, 0.25) is 0 Å².